The van der Waals surface area contributed by atoms with E-state index in [1.807, 2.05) is 24.1 Å². The molecule has 0 fully saturated rings. The van der Waals surface area contributed by atoms with Crippen molar-refractivity contribution in [3.63, 3.8) is 0 Å². The topological polar surface area (TPSA) is 166 Å². The van der Waals surface area contributed by atoms with Crippen LogP contribution in [0.1, 0.15) is 31.8 Å². The summed E-state index contributed by atoms with van der Waals surface area (Å²) in [7, 11) is 1.88. The van der Waals surface area contributed by atoms with Gasteiger partial charge in [-0.25, -0.2) is 11.0 Å². The van der Waals surface area contributed by atoms with Crippen molar-refractivity contribution >= 4 is 46.0 Å². The van der Waals surface area contributed by atoms with Gasteiger partial charge in [0.05, 0.1) is 0 Å². The lowest BCUT2D eigenvalue weighted by Gasteiger charge is -2.15. The standard InChI is InChI=1S/C32H28N6O6/c1-38(32-35-26-17-24(30(40)37-42)10-12-28(26)44-32)18-20-3-2-4-22(15-20)21-7-5-19(6-8-21)13-14-33-31-34-25-16-23(29(39)36-41)9-11-27(25)43-31/h2-12,15-17,41-42H,13-14,18H2,1H3,(H,33,34)(H,36,39)(H,37,40). The molecule has 0 aliphatic carbocycles. The van der Waals surface area contributed by atoms with E-state index < -0.39 is 11.8 Å². The Hall–Kier alpha value is -5.72. The summed E-state index contributed by atoms with van der Waals surface area (Å²) in [6, 6.07) is 26.9. The summed E-state index contributed by atoms with van der Waals surface area (Å²) in [6.07, 6.45) is 0.749. The monoisotopic (exact) mass is 592 g/mol. The molecule has 5 N–H and O–H groups in total. The number of rotatable bonds is 10. The molecule has 0 bridgehead atoms. The Morgan fingerprint density at radius 2 is 1.41 bits per heavy atom. The van der Waals surface area contributed by atoms with Gasteiger partial charge in [0.15, 0.2) is 11.2 Å². The van der Waals surface area contributed by atoms with Crippen LogP contribution in [0.5, 0.6) is 0 Å². The molecule has 12 heteroatoms. The number of hydrogen-bond donors (Lipinski definition) is 5. The Kier molecular flexibility index (Phi) is 7.91. The molecular formula is C32H28N6O6. The molecule has 0 aliphatic heterocycles. The lowest BCUT2D eigenvalue weighted by atomic mass is 10.0. The largest absolute Gasteiger partial charge is 0.424 e. The molecule has 2 heterocycles. The van der Waals surface area contributed by atoms with Gasteiger partial charge in [-0.15, -0.1) is 0 Å². The predicted octanol–water partition coefficient (Wildman–Crippen LogP) is 5.17. The number of amides is 2. The van der Waals surface area contributed by atoms with Gasteiger partial charge in [0.25, 0.3) is 23.8 Å². The first kappa shape index (κ1) is 28.4. The number of nitrogens with zero attached hydrogens (tertiary/aromatic N) is 3. The fourth-order valence-electron chi connectivity index (χ4n) is 4.86. The van der Waals surface area contributed by atoms with Gasteiger partial charge in [0, 0.05) is 31.3 Å². The lowest BCUT2D eigenvalue weighted by Crippen LogP contribution is -2.18. The number of fused-ring (bicyclic) bond motifs is 2. The van der Waals surface area contributed by atoms with E-state index in [9.17, 15) is 9.59 Å². The van der Waals surface area contributed by atoms with E-state index in [0.29, 0.717) is 47.3 Å². The van der Waals surface area contributed by atoms with Crippen LogP contribution in [-0.4, -0.2) is 45.8 Å². The minimum Gasteiger partial charge on any atom is -0.424 e. The van der Waals surface area contributed by atoms with Crippen molar-refractivity contribution in [2.24, 2.45) is 0 Å². The average molecular weight is 593 g/mol. The van der Waals surface area contributed by atoms with E-state index >= 15 is 0 Å². The van der Waals surface area contributed by atoms with Crippen molar-refractivity contribution in [2.45, 2.75) is 13.0 Å². The molecule has 0 saturated carbocycles. The van der Waals surface area contributed by atoms with Crippen molar-refractivity contribution < 1.29 is 28.8 Å². The number of carbonyl (C=O) groups is 2. The Balaban J connectivity index is 1.06. The number of aromatic nitrogens is 2. The van der Waals surface area contributed by atoms with E-state index in [-0.39, 0.29) is 11.1 Å². The molecule has 222 valence electrons. The fourth-order valence-corrected chi connectivity index (χ4v) is 4.86. The van der Waals surface area contributed by atoms with Crippen LogP contribution in [0.3, 0.4) is 0 Å². The summed E-state index contributed by atoms with van der Waals surface area (Å²) < 4.78 is 11.6. The van der Waals surface area contributed by atoms with Crippen LogP contribution in [0.2, 0.25) is 0 Å². The average Bonchev–Trinajstić information content (AvgIpc) is 3.67. The SMILES string of the molecule is CN(Cc1cccc(-c2ccc(CCNc3nc4cc(C(=O)NO)ccc4o3)cc2)c1)c1nc2cc(C(=O)NO)ccc2o1. The minimum atomic E-state index is -0.612. The number of nitrogens with one attached hydrogen (secondary N) is 3. The highest BCUT2D eigenvalue weighted by atomic mass is 16.5. The molecule has 4 aromatic carbocycles. The molecule has 6 aromatic rings. The van der Waals surface area contributed by atoms with Gasteiger partial charge in [-0.05, 0) is 71.1 Å². The molecule has 0 radical (unpaired) electrons. The number of anilines is 2. The molecule has 44 heavy (non-hydrogen) atoms. The maximum atomic E-state index is 11.7. The molecule has 2 aromatic heterocycles. The zero-order valence-corrected chi connectivity index (χ0v) is 23.6. The zero-order valence-electron chi connectivity index (χ0n) is 23.6. The minimum absolute atomic E-state index is 0.285. The van der Waals surface area contributed by atoms with Crippen LogP contribution in [0.4, 0.5) is 12.0 Å². The van der Waals surface area contributed by atoms with Crippen LogP contribution in [0.15, 0.2) is 93.8 Å². The Morgan fingerprint density at radius 1 is 0.750 bits per heavy atom. The number of carbonyl (C=O) groups excluding carboxylic acids is 2. The predicted molar refractivity (Wildman–Crippen MR) is 163 cm³/mol. The molecule has 0 spiro atoms. The quantitative estimate of drug-likeness (QED) is 0.106. The van der Waals surface area contributed by atoms with Crippen molar-refractivity contribution in [1.82, 2.24) is 20.9 Å². The molecule has 2 amide bonds. The molecule has 6 rings (SSSR count). The number of benzene rings is 4. The maximum absolute atomic E-state index is 11.7. The molecule has 0 aliphatic rings. The molecule has 12 nitrogen and oxygen atoms in total. The van der Waals surface area contributed by atoms with Crippen LogP contribution in [0, 0.1) is 0 Å². The summed E-state index contributed by atoms with van der Waals surface area (Å²) in [5, 5.41) is 20.9. The third-order valence-corrected chi connectivity index (χ3v) is 7.14. The van der Waals surface area contributed by atoms with Gasteiger partial charge in [0.2, 0.25) is 0 Å². The van der Waals surface area contributed by atoms with E-state index in [4.69, 9.17) is 19.2 Å². The zero-order chi connectivity index (χ0) is 30.6. The van der Waals surface area contributed by atoms with Crippen molar-refractivity contribution in [3.8, 4) is 11.1 Å². The molecule has 0 saturated heterocycles. The maximum Gasteiger partial charge on any atom is 0.298 e. The van der Waals surface area contributed by atoms with Gasteiger partial charge in [-0.2, -0.15) is 9.97 Å². The first-order valence-corrected chi connectivity index (χ1v) is 13.7. The summed E-state index contributed by atoms with van der Waals surface area (Å²) in [4.78, 5) is 34.1. The third-order valence-electron chi connectivity index (χ3n) is 7.14. The van der Waals surface area contributed by atoms with Crippen molar-refractivity contribution in [2.75, 3.05) is 23.8 Å². The van der Waals surface area contributed by atoms with Gasteiger partial charge < -0.3 is 19.1 Å². The third kappa shape index (κ3) is 6.07. The van der Waals surface area contributed by atoms with Gasteiger partial charge >= 0.3 is 0 Å². The lowest BCUT2D eigenvalue weighted by molar-refractivity contribution is 0.0702. The van der Waals surface area contributed by atoms with Crippen molar-refractivity contribution in [1.29, 1.82) is 0 Å². The van der Waals surface area contributed by atoms with Gasteiger partial charge in [-0.3, -0.25) is 20.0 Å². The molecular weight excluding hydrogens is 564 g/mol. The second-order valence-electron chi connectivity index (χ2n) is 10.2. The van der Waals surface area contributed by atoms with Gasteiger partial charge in [0.1, 0.15) is 11.0 Å². The Labute approximate surface area is 250 Å². The fraction of sp³-hybridized carbons (Fsp3) is 0.125. The summed E-state index contributed by atoms with van der Waals surface area (Å²) in [6.45, 7) is 1.16. The van der Waals surface area contributed by atoms with Crippen LogP contribution in [-0.2, 0) is 13.0 Å². The van der Waals surface area contributed by atoms with E-state index in [1.165, 1.54) is 0 Å². The van der Waals surface area contributed by atoms with E-state index in [0.717, 1.165) is 28.7 Å². The van der Waals surface area contributed by atoms with E-state index in [1.54, 1.807) is 47.4 Å². The number of hydroxylamine groups is 2. The highest BCUT2D eigenvalue weighted by Crippen LogP contribution is 2.26. The van der Waals surface area contributed by atoms with Gasteiger partial charge in [-0.1, -0.05) is 42.5 Å². The highest BCUT2D eigenvalue weighted by molar-refractivity contribution is 5.97. The second kappa shape index (κ2) is 12.3. The summed E-state index contributed by atoms with van der Waals surface area (Å²) in [5.74, 6) is -1.22. The Bertz CT molecular complexity index is 1970. The summed E-state index contributed by atoms with van der Waals surface area (Å²) >= 11 is 0. The Morgan fingerprint density at radius 3 is 2.09 bits per heavy atom. The summed E-state index contributed by atoms with van der Waals surface area (Å²) in [5.41, 5.74) is 10.3. The molecule has 0 unspecified atom stereocenters. The number of oxazole rings is 2. The van der Waals surface area contributed by atoms with E-state index in [2.05, 4.69) is 51.7 Å². The van der Waals surface area contributed by atoms with Crippen LogP contribution >= 0.6 is 0 Å². The normalized spacial score (nSPS) is 11.1. The molecule has 0 atom stereocenters. The van der Waals surface area contributed by atoms with Crippen LogP contribution in [0.25, 0.3) is 33.3 Å². The van der Waals surface area contributed by atoms with Crippen molar-refractivity contribution in [3.05, 3.63) is 107 Å². The highest BCUT2D eigenvalue weighted by Gasteiger charge is 2.14. The first-order chi connectivity index (χ1) is 21.4. The second-order valence-corrected chi connectivity index (χ2v) is 10.2. The first-order valence-electron chi connectivity index (χ1n) is 13.7. The number of hydrogen-bond acceptors (Lipinski definition) is 10. The van der Waals surface area contributed by atoms with Crippen LogP contribution < -0.4 is 21.2 Å². The smallest absolute Gasteiger partial charge is 0.298 e.